The molecule has 24 heavy (non-hydrogen) atoms. The predicted molar refractivity (Wildman–Crippen MR) is 92.5 cm³/mol. The van der Waals surface area contributed by atoms with Gasteiger partial charge in [0.05, 0.1) is 18.7 Å². The first kappa shape index (κ1) is 17.7. The molecule has 1 N–H and O–H groups in total. The first-order chi connectivity index (χ1) is 11.6. The van der Waals surface area contributed by atoms with Crippen molar-refractivity contribution in [2.24, 2.45) is 0 Å². The first-order valence-corrected chi connectivity index (χ1v) is 8.15. The van der Waals surface area contributed by atoms with Gasteiger partial charge in [0.25, 0.3) is 0 Å². The largest absolute Gasteiger partial charge is 0.493 e. The third-order valence-corrected chi connectivity index (χ3v) is 3.95. The van der Waals surface area contributed by atoms with Crippen LogP contribution < -0.4 is 10.1 Å². The molecule has 0 aliphatic heterocycles. The Morgan fingerprint density at radius 1 is 1.33 bits per heavy atom. The Morgan fingerprint density at radius 3 is 2.79 bits per heavy atom. The van der Waals surface area contributed by atoms with Crippen LogP contribution in [-0.4, -0.2) is 30.1 Å². The minimum Gasteiger partial charge on any atom is -0.493 e. The molecule has 126 valence electrons. The van der Waals surface area contributed by atoms with Gasteiger partial charge in [0.15, 0.2) is 5.13 Å². The van der Waals surface area contributed by atoms with Crippen molar-refractivity contribution in [2.75, 3.05) is 18.5 Å². The van der Waals surface area contributed by atoms with Crippen molar-refractivity contribution in [1.29, 1.82) is 0 Å². The molecule has 0 radical (unpaired) electrons. The number of nitrogens with one attached hydrogen (secondary N) is 1. The maximum atomic E-state index is 11.9. The van der Waals surface area contributed by atoms with E-state index in [1.807, 2.05) is 30.3 Å². The maximum Gasteiger partial charge on any atom is 0.350 e. The molecule has 0 aliphatic rings. The highest BCUT2D eigenvalue weighted by molar-refractivity contribution is 7.17. The van der Waals surface area contributed by atoms with Gasteiger partial charge < -0.3 is 14.8 Å². The van der Waals surface area contributed by atoms with Gasteiger partial charge in [0, 0.05) is 0 Å². The first-order valence-electron chi connectivity index (χ1n) is 7.33. The highest BCUT2D eigenvalue weighted by atomic mass is 32.1. The highest BCUT2D eigenvalue weighted by Crippen LogP contribution is 2.23. The minimum atomic E-state index is -0.474. The van der Waals surface area contributed by atoms with Crippen LogP contribution in [-0.2, 0) is 9.53 Å². The summed E-state index contributed by atoms with van der Waals surface area (Å²) < 4.78 is 10.4. The van der Waals surface area contributed by atoms with Crippen LogP contribution in [0.5, 0.6) is 5.75 Å². The van der Waals surface area contributed by atoms with Crippen molar-refractivity contribution >= 4 is 28.3 Å². The van der Waals surface area contributed by atoms with Gasteiger partial charge in [-0.15, -0.1) is 0 Å². The lowest BCUT2D eigenvalue weighted by Crippen LogP contribution is -2.15. The SMILES string of the molecule is C=CCOC(=O)c1sc(NC(=O)CCOc2ccccc2)nc1C. The van der Waals surface area contributed by atoms with Gasteiger partial charge in [-0.05, 0) is 19.1 Å². The molecular weight excluding hydrogens is 328 g/mol. The average molecular weight is 346 g/mol. The van der Waals surface area contributed by atoms with E-state index >= 15 is 0 Å². The van der Waals surface area contributed by atoms with Crippen molar-refractivity contribution in [3.8, 4) is 5.75 Å². The second-order valence-electron chi connectivity index (χ2n) is 4.78. The van der Waals surface area contributed by atoms with E-state index in [0.717, 1.165) is 11.3 Å². The monoisotopic (exact) mass is 346 g/mol. The van der Waals surface area contributed by atoms with Crippen LogP contribution in [0.4, 0.5) is 5.13 Å². The number of hydrogen-bond acceptors (Lipinski definition) is 6. The molecule has 2 rings (SSSR count). The van der Waals surface area contributed by atoms with Crippen molar-refractivity contribution < 1.29 is 19.1 Å². The van der Waals surface area contributed by atoms with E-state index in [1.54, 1.807) is 6.92 Å². The summed E-state index contributed by atoms with van der Waals surface area (Å²) in [7, 11) is 0. The lowest BCUT2D eigenvalue weighted by molar-refractivity contribution is -0.116. The summed E-state index contributed by atoms with van der Waals surface area (Å²) >= 11 is 1.08. The molecule has 6 nitrogen and oxygen atoms in total. The summed E-state index contributed by atoms with van der Waals surface area (Å²) in [4.78, 5) is 28.3. The zero-order valence-corrected chi connectivity index (χ0v) is 14.1. The number of aromatic nitrogens is 1. The van der Waals surface area contributed by atoms with Crippen molar-refractivity contribution in [1.82, 2.24) is 4.98 Å². The zero-order chi connectivity index (χ0) is 17.4. The Balaban J connectivity index is 1.83. The summed E-state index contributed by atoms with van der Waals surface area (Å²) in [6.07, 6.45) is 1.67. The molecule has 0 saturated heterocycles. The molecule has 1 aromatic heterocycles. The number of carbonyl (C=O) groups is 2. The number of anilines is 1. The summed E-state index contributed by atoms with van der Waals surface area (Å²) in [6, 6.07) is 9.26. The Bertz CT molecular complexity index is 713. The number of amides is 1. The topological polar surface area (TPSA) is 77.5 Å². The average Bonchev–Trinajstić information content (AvgIpc) is 2.94. The van der Waals surface area contributed by atoms with Crippen LogP contribution in [0, 0.1) is 6.92 Å². The van der Waals surface area contributed by atoms with E-state index in [2.05, 4.69) is 16.9 Å². The molecule has 0 unspecified atom stereocenters. The van der Waals surface area contributed by atoms with Crippen LogP contribution in [0.2, 0.25) is 0 Å². The van der Waals surface area contributed by atoms with Gasteiger partial charge in [-0.3, -0.25) is 4.79 Å². The number of carbonyl (C=O) groups excluding carboxylic acids is 2. The molecule has 1 aromatic carbocycles. The smallest absolute Gasteiger partial charge is 0.350 e. The van der Waals surface area contributed by atoms with Crippen LogP contribution in [0.3, 0.4) is 0 Å². The lowest BCUT2D eigenvalue weighted by atomic mass is 10.3. The Morgan fingerprint density at radius 2 is 2.08 bits per heavy atom. The van der Waals surface area contributed by atoms with Crippen LogP contribution in [0.15, 0.2) is 43.0 Å². The molecule has 0 fully saturated rings. The molecule has 0 saturated carbocycles. The highest BCUT2D eigenvalue weighted by Gasteiger charge is 2.17. The zero-order valence-electron chi connectivity index (χ0n) is 13.3. The van der Waals surface area contributed by atoms with E-state index in [0.29, 0.717) is 21.5 Å². The van der Waals surface area contributed by atoms with Gasteiger partial charge in [-0.1, -0.05) is 42.2 Å². The Kier molecular flexibility index (Phi) is 6.51. The number of aryl methyl sites for hydroxylation is 1. The summed E-state index contributed by atoms with van der Waals surface area (Å²) in [5.41, 5.74) is 0.518. The number of hydrogen-bond donors (Lipinski definition) is 1. The number of ether oxygens (including phenoxy) is 2. The molecule has 1 heterocycles. The standard InChI is InChI=1S/C17H18N2O4S/c1-3-10-23-16(21)15-12(2)18-17(24-15)19-14(20)9-11-22-13-7-5-4-6-8-13/h3-8H,1,9-11H2,2H3,(H,18,19,20). The summed E-state index contributed by atoms with van der Waals surface area (Å²) in [6.45, 7) is 5.57. The number of thiazole rings is 1. The predicted octanol–water partition coefficient (Wildman–Crippen LogP) is 3.20. The van der Waals surface area contributed by atoms with Crippen LogP contribution in [0.25, 0.3) is 0 Å². The van der Waals surface area contributed by atoms with Crippen LogP contribution in [0.1, 0.15) is 21.8 Å². The maximum absolute atomic E-state index is 11.9. The fourth-order valence-electron chi connectivity index (χ4n) is 1.80. The van der Waals surface area contributed by atoms with E-state index in [1.165, 1.54) is 6.08 Å². The number of esters is 1. The molecule has 7 heteroatoms. The number of para-hydroxylation sites is 1. The van der Waals surface area contributed by atoms with Crippen LogP contribution >= 0.6 is 11.3 Å². The molecule has 2 aromatic rings. The van der Waals surface area contributed by atoms with Gasteiger partial charge >= 0.3 is 5.97 Å². The molecule has 0 aliphatic carbocycles. The Hall–Kier alpha value is -2.67. The normalized spacial score (nSPS) is 10.0. The quantitative estimate of drug-likeness (QED) is 0.587. The van der Waals surface area contributed by atoms with E-state index in [9.17, 15) is 9.59 Å². The number of benzene rings is 1. The van der Waals surface area contributed by atoms with Gasteiger partial charge in [0.1, 0.15) is 17.2 Å². The van der Waals surface area contributed by atoms with Crippen molar-refractivity contribution in [2.45, 2.75) is 13.3 Å². The molecule has 0 spiro atoms. The van der Waals surface area contributed by atoms with Gasteiger partial charge in [0.2, 0.25) is 5.91 Å². The molecule has 1 amide bonds. The lowest BCUT2D eigenvalue weighted by Gasteiger charge is -2.05. The third-order valence-electron chi connectivity index (χ3n) is 2.90. The van der Waals surface area contributed by atoms with Crippen molar-refractivity contribution in [3.63, 3.8) is 0 Å². The van der Waals surface area contributed by atoms with E-state index < -0.39 is 5.97 Å². The van der Waals surface area contributed by atoms with Crippen molar-refractivity contribution in [3.05, 3.63) is 53.6 Å². The molecule has 0 atom stereocenters. The summed E-state index contributed by atoms with van der Waals surface area (Å²) in [5.74, 6) is 0.00569. The molecule has 0 bridgehead atoms. The number of nitrogens with zero attached hydrogens (tertiary/aromatic N) is 1. The fraction of sp³-hybridized carbons (Fsp3) is 0.235. The van der Waals surface area contributed by atoms with E-state index in [4.69, 9.17) is 9.47 Å². The summed E-state index contributed by atoms with van der Waals surface area (Å²) in [5, 5.41) is 3.02. The Labute approximate surface area is 144 Å². The second-order valence-corrected chi connectivity index (χ2v) is 5.78. The fourth-order valence-corrected chi connectivity index (χ4v) is 2.68. The van der Waals surface area contributed by atoms with E-state index in [-0.39, 0.29) is 25.5 Å². The minimum absolute atomic E-state index is 0.134. The molecular formula is C17H18N2O4S. The third kappa shape index (κ3) is 5.20. The van der Waals surface area contributed by atoms with Gasteiger partial charge in [-0.2, -0.15) is 0 Å². The van der Waals surface area contributed by atoms with Gasteiger partial charge in [-0.25, -0.2) is 9.78 Å². The number of rotatable bonds is 8. The second kappa shape index (κ2) is 8.83.